The van der Waals surface area contributed by atoms with Crippen LogP contribution in [0, 0.1) is 0 Å². The Morgan fingerprint density at radius 1 is 0.850 bits per heavy atom. The lowest BCUT2D eigenvalue weighted by Crippen LogP contribution is -1.98. The summed E-state index contributed by atoms with van der Waals surface area (Å²) in [4.78, 5) is 0. The van der Waals surface area contributed by atoms with Gasteiger partial charge < -0.3 is 10.2 Å². The zero-order valence-corrected chi connectivity index (χ0v) is 12.4. The Morgan fingerprint density at radius 3 is 1.95 bits per heavy atom. The highest BCUT2D eigenvalue weighted by molar-refractivity contribution is 5.77. The summed E-state index contributed by atoms with van der Waals surface area (Å²) < 4.78 is 0. The predicted molar refractivity (Wildman–Crippen MR) is 83.3 cm³/mol. The fraction of sp³-hybridized carbons (Fsp3) is 0.333. The average molecular weight is 270 g/mol. The fourth-order valence-electron chi connectivity index (χ4n) is 2.82. The second kappa shape index (κ2) is 6.00. The summed E-state index contributed by atoms with van der Waals surface area (Å²) in [7, 11) is 0. The topological polar surface area (TPSA) is 40.5 Å². The second-order valence-corrected chi connectivity index (χ2v) is 5.00. The number of rotatable bonds is 4. The maximum atomic E-state index is 10.1. The highest BCUT2D eigenvalue weighted by atomic mass is 16.3. The standard InChI is InChI=1S/C18H22O2/c1-4-12-8-7-9-13(5-2)18(12)16-10-14(19)11-17(20)15(16)6-3/h7-11,19-20H,4-6H2,1-3H3. The van der Waals surface area contributed by atoms with Crippen molar-refractivity contribution in [3.63, 3.8) is 0 Å². The minimum Gasteiger partial charge on any atom is -0.508 e. The lowest BCUT2D eigenvalue weighted by atomic mass is 9.88. The molecule has 2 aromatic carbocycles. The Balaban J connectivity index is 2.80. The van der Waals surface area contributed by atoms with E-state index in [9.17, 15) is 10.2 Å². The molecule has 0 aliphatic rings. The van der Waals surface area contributed by atoms with Crippen molar-refractivity contribution in [1.29, 1.82) is 0 Å². The molecule has 2 rings (SSSR count). The third-order valence-electron chi connectivity index (χ3n) is 3.83. The lowest BCUT2D eigenvalue weighted by Gasteiger charge is -2.17. The van der Waals surface area contributed by atoms with E-state index >= 15 is 0 Å². The normalized spacial score (nSPS) is 10.8. The molecule has 0 fully saturated rings. The molecule has 0 bridgehead atoms. The van der Waals surface area contributed by atoms with Gasteiger partial charge in [-0.1, -0.05) is 39.0 Å². The van der Waals surface area contributed by atoms with Gasteiger partial charge in [0.1, 0.15) is 11.5 Å². The molecule has 106 valence electrons. The van der Waals surface area contributed by atoms with Gasteiger partial charge in [0, 0.05) is 11.6 Å². The molecule has 2 heteroatoms. The first-order valence-electron chi connectivity index (χ1n) is 7.28. The molecular weight excluding hydrogens is 248 g/mol. The Morgan fingerprint density at radius 2 is 1.45 bits per heavy atom. The zero-order valence-electron chi connectivity index (χ0n) is 12.4. The minimum atomic E-state index is 0.114. The summed E-state index contributed by atoms with van der Waals surface area (Å²) in [6.45, 7) is 6.29. The Labute approximate surface area is 120 Å². The van der Waals surface area contributed by atoms with Gasteiger partial charge in [-0.05, 0) is 47.6 Å². The van der Waals surface area contributed by atoms with Crippen molar-refractivity contribution in [3.8, 4) is 22.6 Å². The molecule has 0 heterocycles. The van der Waals surface area contributed by atoms with Crippen LogP contribution in [0.5, 0.6) is 11.5 Å². The van der Waals surface area contributed by atoms with Gasteiger partial charge in [-0.2, -0.15) is 0 Å². The number of benzene rings is 2. The summed E-state index contributed by atoms with van der Waals surface area (Å²) in [5, 5.41) is 19.9. The van der Waals surface area contributed by atoms with Crippen LogP contribution in [0.15, 0.2) is 30.3 Å². The lowest BCUT2D eigenvalue weighted by molar-refractivity contribution is 0.447. The molecule has 0 spiro atoms. The third kappa shape index (κ3) is 2.51. The van der Waals surface area contributed by atoms with E-state index in [-0.39, 0.29) is 11.5 Å². The molecule has 0 aliphatic carbocycles. The first-order chi connectivity index (χ1) is 9.62. The first-order valence-corrected chi connectivity index (χ1v) is 7.28. The summed E-state index contributed by atoms with van der Waals surface area (Å²) in [6.07, 6.45) is 2.61. The van der Waals surface area contributed by atoms with E-state index in [1.54, 1.807) is 6.07 Å². The molecule has 2 nitrogen and oxygen atoms in total. The quantitative estimate of drug-likeness (QED) is 0.861. The Hall–Kier alpha value is -1.96. The van der Waals surface area contributed by atoms with Gasteiger partial charge in [0.25, 0.3) is 0 Å². The van der Waals surface area contributed by atoms with Crippen molar-refractivity contribution in [3.05, 3.63) is 47.0 Å². The molecule has 0 aliphatic heterocycles. The van der Waals surface area contributed by atoms with Crippen LogP contribution in [0.4, 0.5) is 0 Å². The average Bonchev–Trinajstić information content (AvgIpc) is 2.45. The number of aromatic hydroxyl groups is 2. The van der Waals surface area contributed by atoms with Crippen molar-refractivity contribution in [2.45, 2.75) is 40.0 Å². The van der Waals surface area contributed by atoms with Crippen molar-refractivity contribution < 1.29 is 10.2 Å². The predicted octanol–water partition coefficient (Wildman–Crippen LogP) is 4.45. The van der Waals surface area contributed by atoms with Crippen LogP contribution in [-0.4, -0.2) is 10.2 Å². The zero-order chi connectivity index (χ0) is 14.7. The minimum absolute atomic E-state index is 0.114. The Kier molecular flexibility index (Phi) is 4.33. The van der Waals surface area contributed by atoms with E-state index in [0.717, 1.165) is 30.4 Å². The van der Waals surface area contributed by atoms with Gasteiger partial charge in [0.15, 0.2) is 0 Å². The van der Waals surface area contributed by atoms with E-state index in [1.165, 1.54) is 22.8 Å². The molecule has 0 amide bonds. The van der Waals surface area contributed by atoms with E-state index in [4.69, 9.17) is 0 Å². The molecule has 2 aromatic rings. The van der Waals surface area contributed by atoms with E-state index in [2.05, 4.69) is 32.0 Å². The molecule has 0 aromatic heterocycles. The molecule has 2 N–H and O–H groups in total. The van der Waals surface area contributed by atoms with Crippen LogP contribution < -0.4 is 0 Å². The van der Waals surface area contributed by atoms with Gasteiger partial charge in [-0.25, -0.2) is 0 Å². The van der Waals surface area contributed by atoms with Crippen molar-refractivity contribution in [1.82, 2.24) is 0 Å². The third-order valence-corrected chi connectivity index (χ3v) is 3.83. The van der Waals surface area contributed by atoms with E-state index < -0.39 is 0 Å². The van der Waals surface area contributed by atoms with Crippen LogP contribution in [0.3, 0.4) is 0 Å². The molecule has 0 unspecified atom stereocenters. The van der Waals surface area contributed by atoms with Gasteiger partial charge in [-0.3, -0.25) is 0 Å². The Bertz CT molecular complexity index is 593. The smallest absolute Gasteiger partial charge is 0.123 e. The number of phenols is 2. The first kappa shape index (κ1) is 14.4. The summed E-state index contributed by atoms with van der Waals surface area (Å²) in [6, 6.07) is 9.51. The summed E-state index contributed by atoms with van der Waals surface area (Å²) in [5.41, 5.74) is 5.53. The molecule has 0 saturated carbocycles. The van der Waals surface area contributed by atoms with Crippen molar-refractivity contribution in [2.75, 3.05) is 0 Å². The number of phenolic OH excluding ortho intramolecular Hbond substituents is 2. The van der Waals surface area contributed by atoms with Crippen LogP contribution >= 0.6 is 0 Å². The van der Waals surface area contributed by atoms with Gasteiger partial charge in [0.2, 0.25) is 0 Å². The molecule has 0 radical (unpaired) electrons. The molecule has 0 saturated heterocycles. The monoisotopic (exact) mass is 270 g/mol. The fourth-order valence-corrected chi connectivity index (χ4v) is 2.82. The van der Waals surface area contributed by atoms with Crippen LogP contribution in [0.1, 0.15) is 37.5 Å². The molecular formula is C18H22O2. The SMILES string of the molecule is CCc1cccc(CC)c1-c1cc(O)cc(O)c1CC. The largest absolute Gasteiger partial charge is 0.508 e. The summed E-state index contributed by atoms with van der Waals surface area (Å²) >= 11 is 0. The van der Waals surface area contributed by atoms with Crippen LogP contribution in [0.25, 0.3) is 11.1 Å². The van der Waals surface area contributed by atoms with Crippen molar-refractivity contribution in [2.24, 2.45) is 0 Å². The van der Waals surface area contributed by atoms with Crippen LogP contribution in [-0.2, 0) is 19.3 Å². The van der Waals surface area contributed by atoms with E-state index in [1.807, 2.05) is 6.92 Å². The number of hydrogen-bond donors (Lipinski definition) is 2. The maximum Gasteiger partial charge on any atom is 0.123 e. The second-order valence-electron chi connectivity index (χ2n) is 5.00. The molecule has 0 atom stereocenters. The van der Waals surface area contributed by atoms with Crippen molar-refractivity contribution >= 4 is 0 Å². The maximum absolute atomic E-state index is 10.1. The summed E-state index contributed by atoms with van der Waals surface area (Å²) in [5.74, 6) is 0.290. The highest BCUT2D eigenvalue weighted by Gasteiger charge is 2.15. The highest BCUT2D eigenvalue weighted by Crippen LogP contribution is 2.38. The van der Waals surface area contributed by atoms with Gasteiger partial charge >= 0.3 is 0 Å². The van der Waals surface area contributed by atoms with Gasteiger partial charge in [-0.15, -0.1) is 0 Å². The van der Waals surface area contributed by atoms with Gasteiger partial charge in [0.05, 0.1) is 0 Å². The van der Waals surface area contributed by atoms with E-state index in [0.29, 0.717) is 0 Å². The van der Waals surface area contributed by atoms with Crippen LogP contribution in [0.2, 0.25) is 0 Å². The number of hydrogen-bond acceptors (Lipinski definition) is 2. The molecule has 20 heavy (non-hydrogen) atoms. The number of aryl methyl sites for hydroxylation is 2.